The van der Waals surface area contributed by atoms with Crippen LogP contribution in [0.25, 0.3) is 0 Å². The lowest BCUT2D eigenvalue weighted by molar-refractivity contribution is -0.117. The Balaban J connectivity index is 1.46. The monoisotopic (exact) mass is 373 g/mol. The van der Waals surface area contributed by atoms with Crippen molar-refractivity contribution < 1.29 is 9.59 Å². The van der Waals surface area contributed by atoms with Gasteiger partial charge in [0.15, 0.2) is 0 Å². The number of carbonyl (C=O) groups excluding carboxylic acids is 2. The third kappa shape index (κ3) is 4.87. The summed E-state index contributed by atoms with van der Waals surface area (Å²) in [4.78, 5) is 32.9. The summed E-state index contributed by atoms with van der Waals surface area (Å²) in [5, 5.41) is 5.58. The van der Waals surface area contributed by atoms with Crippen LogP contribution < -0.4 is 11.1 Å². The normalized spacial score (nSPS) is 15.0. The zero-order valence-electron chi connectivity index (χ0n) is 14.6. The van der Waals surface area contributed by atoms with Gasteiger partial charge in [-0.2, -0.15) is 0 Å². The van der Waals surface area contributed by atoms with E-state index in [2.05, 4.69) is 15.2 Å². The maximum Gasteiger partial charge on any atom is 0.273 e. The lowest BCUT2D eigenvalue weighted by Gasteiger charge is -2.33. The van der Waals surface area contributed by atoms with Crippen LogP contribution in [0.1, 0.15) is 15.5 Å². The van der Waals surface area contributed by atoms with E-state index in [4.69, 9.17) is 5.73 Å². The second-order valence-corrected chi connectivity index (χ2v) is 7.09. The molecule has 0 aliphatic carbocycles. The van der Waals surface area contributed by atoms with Crippen molar-refractivity contribution in [2.45, 2.75) is 6.42 Å². The van der Waals surface area contributed by atoms with Gasteiger partial charge in [-0.15, -0.1) is 11.3 Å². The van der Waals surface area contributed by atoms with E-state index in [1.165, 1.54) is 11.3 Å². The lowest BCUT2D eigenvalue weighted by atomic mass is 10.2. The molecule has 2 amide bonds. The van der Waals surface area contributed by atoms with Gasteiger partial charge in [0.2, 0.25) is 5.91 Å². The highest BCUT2D eigenvalue weighted by molar-refractivity contribution is 7.09. The van der Waals surface area contributed by atoms with Gasteiger partial charge in [0, 0.05) is 43.7 Å². The summed E-state index contributed by atoms with van der Waals surface area (Å²) < 4.78 is 0. The molecule has 0 unspecified atom stereocenters. The van der Waals surface area contributed by atoms with Crippen LogP contribution in [0.5, 0.6) is 0 Å². The van der Waals surface area contributed by atoms with E-state index in [-0.39, 0.29) is 11.8 Å². The van der Waals surface area contributed by atoms with Crippen LogP contribution in [0, 0.1) is 0 Å². The molecule has 3 N–H and O–H groups in total. The van der Waals surface area contributed by atoms with Crippen molar-refractivity contribution in [3.8, 4) is 0 Å². The van der Waals surface area contributed by atoms with Crippen molar-refractivity contribution >= 4 is 28.8 Å². The second-order valence-electron chi connectivity index (χ2n) is 6.15. The number of para-hydroxylation sites is 1. The SMILES string of the molecule is NCCc1nc(C(=O)N2CCN(CC(=O)Nc3ccccc3)CC2)cs1. The zero-order chi connectivity index (χ0) is 18.4. The third-order valence-corrected chi connectivity index (χ3v) is 5.12. The van der Waals surface area contributed by atoms with E-state index < -0.39 is 0 Å². The van der Waals surface area contributed by atoms with E-state index in [0.717, 1.165) is 10.7 Å². The van der Waals surface area contributed by atoms with Crippen LogP contribution in [-0.4, -0.2) is 65.9 Å². The maximum absolute atomic E-state index is 12.5. The van der Waals surface area contributed by atoms with E-state index in [1.54, 1.807) is 10.3 Å². The number of amides is 2. The Morgan fingerprint density at radius 1 is 1.15 bits per heavy atom. The van der Waals surface area contributed by atoms with Gasteiger partial charge in [-0.1, -0.05) is 18.2 Å². The van der Waals surface area contributed by atoms with Gasteiger partial charge < -0.3 is 16.0 Å². The van der Waals surface area contributed by atoms with Crippen LogP contribution >= 0.6 is 11.3 Å². The predicted octanol–water partition coefficient (Wildman–Crippen LogP) is 1.04. The molecule has 0 spiro atoms. The first-order valence-electron chi connectivity index (χ1n) is 8.66. The fourth-order valence-electron chi connectivity index (χ4n) is 2.84. The number of nitrogens with zero attached hydrogens (tertiary/aromatic N) is 3. The fourth-order valence-corrected chi connectivity index (χ4v) is 3.63. The smallest absolute Gasteiger partial charge is 0.273 e. The van der Waals surface area contributed by atoms with Gasteiger partial charge in [-0.25, -0.2) is 4.98 Å². The quantitative estimate of drug-likeness (QED) is 0.789. The molecule has 8 heteroatoms. The molecule has 2 heterocycles. The molecule has 1 aliphatic heterocycles. The Bertz CT molecular complexity index is 741. The Morgan fingerprint density at radius 3 is 2.58 bits per heavy atom. The summed E-state index contributed by atoms with van der Waals surface area (Å²) in [5.74, 6) is -0.0835. The topological polar surface area (TPSA) is 91.6 Å². The standard InChI is InChI=1S/C18H23N5O2S/c19-7-6-17-21-15(13-26-17)18(25)23-10-8-22(9-11-23)12-16(24)20-14-4-2-1-3-5-14/h1-5,13H,6-12,19H2,(H,20,24). The summed E-state index contributed by atoms with van der Waals surface area (Å²) in [6.07, 6.45) is 0.697. The van der Waals surface area contributed by atoms with Crippen LogP contribution in [0.4, 0.5) is 5.69 Å². The number of aromatic nitrogens is 1. The molecule has 1 aromatic heterocycles. The van der Waals surface area contributed by atoms with Crippen molar-refractivity contribution in [1.82, 2.24) is 14.8 Å². The van der Waals surface area contributed by atoms with Crippen LogP contribution in [-0.2, 0) is 11.2 Å². The number of carbonyl (C=O) groups is 2. The number of anilines is 1. The number of nitrogens with two attached hydrogens (primary N) is 1. The molecule has 0 radical (unpaired) electrons. The van der Waals surface area contributed by atoms with Crippen molar-refractivity contribution in [1.29, 1.82) is 0 Å². The number of rotatable bonds is 6. The van der Waals surface area contributed by atoms with Gasteiger partial charge in [0.25, 0.3) is 5.91 Å². The van der Waals surface area contributed by atoms with Crippen molar-refractivity contribution in [3.05, 3.63) is 46.4 Å². The number of piperazine rings is 1. The van der Waals surface area contributed by atoms with Gasteiger partial charge in [0.05, 0.1) is 11.6 Å². The van der Waals surface area contributed by atoms with Crippen LogP contribution in [0.3, 0.4) is 0 Å². The summed E-state index contributed by atoms with van der Waals surface area (Å²) in [6, 6.07) is 9.41. The zero-order valence-corrected chi connectivity index (χ0v) is 15.4. The Kier molecular flexibility index (Phi) is 6.32. The fraction of sp³-hybridized carbons (Fsp3) is 0.389. The first-order valence-corrected chi connectivity index (χ1v) is 9.54. The van der Waals surface area contributed by atoms with E-state index in [1.807, 2.05) is 30.3 Å². The van der Waals surface area contributed by atoms with Gasteiger partial charge in [-0.3, -0.25) is 14.5 Å². The number of hydrogen-bond donors (Lipinski definition) is 2. The highest BCUT2D eigenvalue weighted by atomic mass is 32.1. The average Bonchev–Trinajstić information content (AvgIpc) is 3.11. The number of thiazole rings is 1. The number of nitrogens with one attached hydrogen (secondary N) is 1. The van der Waals surface area contributed by atoms with E-state index in [9.17, 15) is 9.59 Å². The second kappa shape index (κ2) is 8.88. The minimum absolute atomic E-state index is 0.0399. The average molecular weight is 373 g/mol. The van der Waals surface area contributed by atoms with Gasteiger partial charge >= 0.3 is 0 Å². The lowest BCUT2D eigenvalue weighted by Crippen LogP contribution is -2.50. The van der Waals surface area contributed by atoms with Crippen molar-refractivity contribution in [2.75, 3.05) is 44.6 Å². The highest BCUT2D eigenvalue weighted by Crippen LogP contribution is 2.14. The maximum atomic E-state index is 12.5. The van der Waals surface area contributed by atoms with Crippen LogP contribution in [0.15, 0.2) is 35.7 Å². The Hall–Kier alpha value is -2.29. The first kappa shape index (κ1) is 18.5. The molecule has 26 heavy (non-hydrogen) atoms. The predicted molar refractivity (Wildman–Crippen MR) is 102 cm³/mol. The Labute approximate surface area is 156 Å². The minimum atomic E-state index is -0.0436. The minimum Gasteiger partial charge on any atom is -0.335 e. The van der Waals surface area contributed by atoms with E-state index in [0.29, 0.717) is 51.4 Å². The molecule has 1 saturated heterocycles. The molecule has 0 saturated carbocycles. The van der Waals surface area contributed by atoms with Crippen molar-refractivity contribution in [3.63, 3.8) is 0 Å². The number of hydrogen-bond acceptors (Lipinski definition) is 6. The summed E-state index contributed by atoms with van der Waals surface area (Å²) in [6.45, 7) is 3.41. The van der Waals surface area contributed by atoms with Gasteiger partial charge in [0.1, 0.15) is 5.69 Å². The molecule has 1 aromatic carbocycles. The molecule has 1 fully saturated rings. The molecule has 7 nitrogen and oxygen atoms in total. The molecule has 138 valence electrons. The summed E-state index contributed by atoms with van der Waals surface area (Å²) >= 11 is 1.47. The highest BCUT2D eigenvalue weighted by Gasteiger charge is 2.24. The summed E-state index contributed by atoms with van der Waals surface area (Å²) in [7, 11) is 0. The molecule has 0 bridgehead atoms. The first-order chi connectivity index (χ1) is 12.7. The van der Waals surface area contributed by atoms with E-state index >= 15 is 0 Å². The largest absolute Gasteiger partial charge is 0.335 e. The third-order valence-electron chi connectivity index (χ3n) is 4.21. The number of benzene rings is 1. The molecule has 1 aliphatic rings. The molecular weight excluding hydrogens is 350 g/mol. The summed E-state index contributed by atoms with van der Waals surface area (Å²) in [5.41, 5.74) is 6.81. The molecule has 3 rings (SSSR count). The van der Waals surface area contributed by atoms with Gasteiger partial charge in [-0.05, 0) is 18.7 Å². The molecule has 0 atom stereocenters. The molecule has 2 aromatic rings. The molecular formula is C18H23N5O2S. The van der Waals surface area contributed by atoms with Crippen LogP contribution in [0.2, 0.25) is 0 Å². The Morgan fingerprint density at radius 2 is 1.88 bits per heavy atom. The van der Waals surface area contributed by atoms with Crippen molar-refractivity contribution in [2.24, 2.45) is 5.73 Å².